The minimum absolute atomic E-state index is 0.669. The molecule has 0 atom stereocenters. The van der Waals surface area contributed by atoms with E-state index in [1.165, 1.54) is 0 Å². The molecule has 5 heteroatoms. The first-order valence-corrected chi connectivity index (χ1v) is 7.04. The molecule has 0 spiro atoms. The summed E-state index contributed by atoms with van der Waals surface area (Å²) >= 11 is 6.04. The molecule has 2 aromatic heterocycles. The van der Waals surface area contributed by atoms with Crippen LogP contribution in [0.4, 0.5) is 5.69 Å². The molecule has 0 fully saturated rings. The van der Waals surface area contributed by atoms with Crippen molar-refractivity contribution < 1.29 is 0 Å². The summed E-state index contributed by atoms with van der Waals surface area (Å²) in [6.45, 7) is 2.72. The Morgan fingerprint density at radius 2 is 2.14 bits per heavy atom. The third kappa shape index (κ3) is 3.06. The lowest BCUT2D eigenvalue weighted by Crippen LogP contribution is -2.01. The van der Waals surface area contributed by atoms with E-state index in [0.717, 1.165) is 33.1 Å². The fourth-order valence-corrected chi connectivity index (χ4v) is 2.35. The predicted octanol–water partition coefficient (Wildman–Crippen LogP) is 4.05. The SMILES string of the molecule is Cc1ccc(Cl)cc1NCc1cn[nH]c1-c1cccnc1. The van der Waals surface area contributed by atoms with Gasteiger partial charge in [-0.15, -0.1) is 0 Å². The molecule has 0 aliphatic rings. The molecule has 0 aliphatic carbocycles. The van der Waals surface area contributed by atoms with Crippen molar-refractivity contribution in [1.29, 1.82) is 0 Å². The molecule has 0 saturated heterocycles. The number of aromatic nitrogens is 3. The molecule has 106 valence electrons. The normalized spacial score (nSPS) is 10.6. The predicted molar refractivity (Wildman–Crippen MR) is 85.3 cm³/mol. The third-order valence-corrected chi connectivity index (χ3v) is 3.57. The molecule has 21 heavy (non-hydrogen) atoms. The van der Waals surface area contributed by atoms with Gasteiger partial charge in [-0.2, -0.15) is 5.10 Å². The van der Waals surface area contributed by atoms with Crippen molar-refractivity contribution >= 4 is 17.3 Å². The quantitative estimate of drug-likeness (QED) is 0.764. The van der Waals surface area contributed by atoms with Crippen LogP contribution in [0.1, 0.15) is 11.1 Å². The second kappa shape index (κ2) is 5.97. The fourth-order valence-electron chi connectivity index (χ4n) is 2.18. The highest BCUT2D eigenvalue weighted by Crippen LogP contribution is 2.23. The van der Waals surface area contributed by atoms with Gasteiger partial charge in [-0.25, -0.2) is 0 Å². The molecule has 0 bridgehead atoms. The monoisotopic (exact) mass is 298 g/mol. The number of hydrogen-bond acceptors (Lipinski definition) is 3. The van der Waals surface area contributed by atoms with Crippen LogP contribution in [0.3, 0.4) is 0 Å². The fraction of sp³-hybridized carbons (Fsp3) is 0.125. The molecule has 0 unspecified atom stereocenters. The van der Waals surface area contributed by atoms with Gasteiger partial charge in [-0.05, 0) is 36.8 Å². The van der Waals surface area contributed by atoms with Crippen LogP contribution in [0.25, 0.3) is 11.3 Å². The van der Waals surface area contributed by atoms with Gasteiger partial charge in [0.05, 0.1) is 11.9 Å². The zero-order chi connectivity index (χ0) is 14.7. The Hall–Kier alpha value is -2.33. The Kier molecular flexibility index (Phi) is 3.88. The van der Waals surface area contributed by atoms with Gasteiger partial charge in [0.25, 0.3) is 0 Å². The minimum Gasteiger partial charge on any atom is -0.381 e. The van der Waals surface area contributed by atoms with Crippen LogP contribution in [0.2, 0.25) is 5.02 Å². The van der Waals surface area contributed by atoms with Gasteiger partial charge < -0.3 is 5.32 Å². The smallest absolute Gasteiger partial charge is 0.0715 e. The summed E-state index contributed by atoms with van der Waals surface area (Å²) in [7, 11) is 0. The molecule has 0 amide bonds. The molecule has 4 nitrogen and oxygen atoms in total. The van der Waals surface area contributed by atoms with Gasteiger partial charge in [0, 0.05) is 40.8 Å². The van der Waals surface area contributed by atoms with Crippen molar-refractivity contribution in [3.8, 4) is 11.3 Å². The van der Waals surface area contributed by atoms with Crippen molar-refractivity contribution in [2.45, 2.75) is 13.5 Å². The zero-order valence-electron chi connectivity index (χ0n) is 11.6. The van der Waals surface area contributed by atoms with Gasteiger partial charge in [0.15, 0.2) is 0 Å². The first kappa shape index (κ1) is 13.6. The summed E-state index contributed by atoms with van der Waals surface area (Å²) in [5.41, 5.74) is 5.28. The Morgan fingerprint density at radius 3 is 2.95 bits per heavy atom. The zero-order valence-corrected chi connectivity index (χ0v) is 12.4. The van der Waals surface area contributed by atoms with Crippen LogP contribution < -0.4 is 5.32 Å². The van der Waals surface area contributed by atoms with Crippen molar-refractivity contribution in [2.75, 3.05) is 5.32 Å². The number of nitrogens with zero attached hydrogens (tertiary/aromatic N) is 2. The molecule has 3 aromatic rings. The van der Waals surface area contributed by atoms with Gasteiger partial charge >= 0.3 is 0 Å². The summed E-state index contributed by atoms with van der Waals surface area (Å²) < 4.78 is 0. The Labute approximate surface area is 128 Å². The Morgan fingerprint density at radius 1 is 1.24 bits per heavy atom. The highest BCUT2D eigenvalue weighted by atomic mass is 35.5. The number of H-pyrrole nitrogens is 1. The number of benzene rings is 1. The van der Waals surface area contributed by atoms with Gasteiger partial charge in [-0.1, -0.05) is 17.7 Å². The average Bonchev–Trinajstić information content (AvgIpc) is 2.97. The standard InChI is InChI=1S/C16H15ClN4/c1-11-4-5-14(17)7-15(11)19-9-13-10-20-21-16(13)12-3-2-6-18-8-12/h2-8,10,19H,9H2,1H3,(H,20,21). The average molecular weight is 299 g/mol. The topological polar surface area (TPSA) is 53.6 Å². The summed E-state index contributed by atoms with van der Waals surface area (Å²) in [6, 6.07) is 9.74. The molecule has 3 rings (SSSR count). The number of aryl methyl sites for hydroxylation is 1. The molecule has 0 aliphatic heterocycles. The van der Waals surface area contributed by atoms with Crippen molar-refractivity contribution in [2.24, 2.45) is 0 Å². The Balaban J connectivity index is 1.81. The highest BCUT2D eigenvalue weighted by molar-refractivity contribution is 6.30. The van der Waals surface area contributed by atoms with E-state index in [1.54, 1.807) is 6.20 Å². The number of hydrogen-bond donors (Lipinski definition) is 2. The van der Waals surface area contributed by atoms with E-state index in [9.17, 15) is 0 Å². The molecular formula is C16H15ClN4. The largest absolute Gasteiger partial charge is 0.381 e. The number of pyridine rings is 1. The van der Waals surface area contributed by atoms with Crippen molar-refractivity contribution in [3.63, 3.8) is 0 Å². The van der Waals surface area contributed by atoms with E-state index in [0.29, 0.717) is 6.54 Å². The second-order valence-electron chi connectivity index (χ2n) is 4.82. The maximum Gasteiger partial charge on any atom is 0.0715 e. The van der Waals surface area contributed by atoms with E-state index in [-0.39, 0.29) is 0 Å². The summed E-state index contributed by atoms with van der Waals surface area (Å²) in [5.74, 6) is 0. The van der Waals surface area contributed by atoms with E-state index >= 15 is 0 Å². The molecule has 1 aromatic carbocycles. The minimum atomic E-state index is 0.669. The number of aromatic amines is 1. The molecule has 0 radical (unpaired) electrons. The van der Waals surface area contributed by atoms with Crippen LogP contribution in [0.5, 0.6) is 0 Å². The van der Waals surface area contributed by atoms with Crippen LogP contribution >= 0.6 is 11.6 Å². The van der Waals surface area contributed by atoms with E-state index in [1.807, 2.05) is 42.7 Å². The molecule has 2 heterocycles. The Bertz CT molecular complexity index is 737. The number of anilines is 1. The van der Waals surface area contributed by atoms with E-state index in [4.69, 9.17) is 11.6 Å². The lowest BCUT2D eigenvalue weighted by molar-refractivity contribution is 1.09. The summed E-state index contributed by atoms with van der Waals surface area (Å²) in [6.07, 6.45) is 5.41. The van der Waals surface area contributed by atoms with E-state index < -0.39 is 0 Å². The lowest BCUT2D eigenvalue weighted by Gasteiger charge is -2.10. The lowest BCUT2D eigenvalue weighted by atomic mass is 10.1. The molecular weight excluding hydrogens is 284 g/mol. The first-order chi connectivity index (χ1) is 10.2. The number of nitrogens with one attached hydrogen (secondary N) is 2. The van der Waals surface area contributed by atoms with Gasteiger partial charge in [0.2, 0.25) is 0 Å². The van der Waals surface area contributed by atoms with Gasteiger partial charge in [0.1, 0.15) is 0 Å². The van der Waals surface area contributed by atoms with Crippen LogP contribution in [0.15, 0.2) is 48.9 Å². The maximum atomic E-state index is 6.04. The highest BCUT2D eigenvalue weighted by Gasteiger charge is 2.08. The van der Waals surface area contributed by atoms with Crippen LogP contribution in [-0.2, 0) is 6.54 Å². The number of rotatable bonds is 4. The molecule has 0 saturated carbocycles. The summed E-state index contributed by atoms with van der Waals surface area (Å²) in [4.78, 5) is 4.14. The second-order valence-corrected chi connectivity index (χ2v) is 5.26. The summed E-state index contributed by atoms with van der Waals surface area (Å²) in [5, 5.41) is 11.3. The van der Waals surface area contributed by atoms with Crippen LogP contribution in [-0.4, -0.2) is 15.2 Å². The van der Waals surface area contributed by atoms with Crippen molar-refractivity contribution in [1.82, 2.24) is 15.2 Å². The van der Waals surface area contributed by atoms with E-state index in [2.05, 4.69) is 27.4 Å². The van der Waals surface area contributed by atoms with Crippen molar-refractivity contribution in [3.05, 3.63) is 65.1 Å². The third-order valence-electron chi connectivity index (χ3n) is 3.34. The maximum absolute atomic E-state index is 6.04. The van der Waals surface area contributed by atoms with Gasteiger partial charge in [-0.3, -0.25) is 10.1 Å². The van der Waals surface area contributed by atoms with Crippen LogP contribution in [0, 0.1) is 6.92 Å². The first-order valence-electron chi connectivity index (χ1n) is 6.67. The number of halogens is 1. The molecule has 2 N–H and O–H groups in total.